The van der Waals surface area contributed by atoms with Gasteiger partial charge < -0.3 is 11.1 Å². The van der Waals surface area contributed by atoms with E-state index < -0.39 is 0 Å². The zero-order valence-electron chi connectivity index (χ0n) is 10.5. The lowest BCUT2D eigenvalue weighted by atomic mass is 10.1. The molecule has 0 bridgehead atoms. The Hall–Kier alpha value is -1.71. The van der Waals surface area contributed by atoms with Crippen molar-refractivity contribution in [1.82, 2.24) is 10.2 Å². The van der Waals surface area contributed by atoms with Gasteiger partial charge in [-0.2, -0.15) is 5.10 Å². The van der Waals surface area contributed by atoms with E-state index in [-0.39, 0.29) is 0 Å². The summed E-state index contributed by atoms with van der Waals surface area (Å²) in [6.07, 6.45) is 5.41. The van der Waals surface area contributed by atoms with E-state index in [9.17, 15) is 0 Å². The number of H-pyrrole nitrogens is 1. The zero-order chi connectivity index (χ0) is 12.3. The first-order chi connectivity index (χ1) is 8.20. The van der Waals surface area contributed by atoms with Crippen LogP contribution >= 0.6 is 0 Å². The van der Waals surface area contributed by atoms with Crippen molar-refractivity contribution in [2.24, 2.45) is 0 Å². The highest BCUT2D eigenvalue weighted by Gasteiger charge is 2.06. The molecule has 0 saturated heterocycles. The van der Waals surface area contributed by atoms with E-state index in [1.807, 2.05) is 12.1 Å². The number of aromatic nitrogens is 2. The highest BCUT2D eigenvalue weighted by molar-refractivity contribution is 5.88. The van der Waals surface area contributed by atoms with Crippen molar-refractivity contribution in [1.29, 1.82) is 0 Å². The Labute approximate surface area is 102 Å². The maximum atomic E-state index is 6.02. The van der Waals surface area contributed by atoms with Gasteiger partial charge in [-0.1, -0.05) is 19.8 Å². The Kier molecular flexibility index (Phi) is 3.52. The Morgan fingerprint density at radius 2 is 2.29 bits per heavy atom. The van der Waals surface area contributed by atoms with Gasteiger partial charge in [0, 0.05) is 11.4 Å². The molecule has 1 unspecified atom stereocenters. The fraction of sp³-hybridized carbons (Fsp3) is 0.462. The third kappa shape index (κ3) is 2.70. The van der Waals surface area contributed by atoms with Gasteiger partial charge in [0.25, 0.3) is 0 Å². The van der Waals surface area contributed by atoms with E-state index >= 15 is 0 Å². The Morgan fingerprint density at radius 3 is 3.06 bits per heavy atom. The van der Waals surface area contributed by atoms with Crippen LogP contribution in [-0.2, 0) is 0 Å². The summed E-state index contributed by atoms with van der Waals surface area (Å²) >= 11 is 0. The molecule has 2 aromatic rings. The zero-order valence-corrected chi connectivity index (χ0v) is 10.5. The first-order valence-corrected chi connectivity index (χ1v) is 6.20. The van der Waals surface area contributed by atoms with Crippen LogP contribution in [0.4, 0.5) is 11.4 Å². The van der Waals surface area contributed by atoms with Crippen LogP contribution in [-0.4, -0.2) is 16.2 Å². The monoisotopic (exact) mass is 232 g/mol. The first kappa shape index (κ1) is 11.8. The predicted molar refractivity (Wildman–Crippen MR) is 73.1 cm³/mol. The van der Waals surface area contributed by atoms with E-state index in [0.717, 1.165) is 28.7 Å². The summed E-state index contributed by atoms with van der Waals surface area (Å²) in [5.74, 6) is 0. The third-order valence-electron chi connectivity index (χ3n) is 3.00. The minimum Gasteiger partial charge on any atom is -0.397 e. The van der Waals surface area contributed by atoms with Crippen LogP contribution in [0, 0.1) is 0 Å². The number of aromatic amines is 1. The summed E-state index contributed by atoms with van der Waals surface area (Å²) < 4.78 is 0. The maximum absolute atomic E-state index is 6.02. The molecule has 92 valence electrons. The molecule has 1 aromatic carbocycles. The molecule has 0 spiro atoms. The number of fused-ring (bicyclic) bond motifs is 1. The summed E-state index contributed by atoms with van der Waals surface area (Å²) in [5, 5.41) is 11.5. The number of benzene rings is 1. The quantitative estimate of drug-likeness (QED) is 0.694. The molecule has 1 heterocycles. The molecule has 0 aliphatic rings. The normalized spacial score (nSPS) is 12.8. The summed E-state index contributed by atoms with van der Waals surface area (Å²) in [7, 11) is 0. The van der Waals surface area contributed by atoms with Crippen LogP contribution in [0.1, 0.15) is 33.1 Å². The van der Waals surface area contributed by atoms with Gasteiger partial charge in [0.15, 0.2) is 0 Å². The molecule has 0 aliphatic heterocycles. The van der Waals surface area contributed by atoms with Crippen molar-refractivity contribution in [3.8, 4) is 0 Å². The Morgan fingerprint density at radius 1 is 1.47 bits per heavy atom. The van der Waals surface area contributed by atoms with Crippen LogP contribution in [0.3, 0.4) is 0 Å². The fourth-order valence-corrected chi connectivity index (χ4v) is 1.98. The van der Waals surface area contributed by atoms with Crippen molar-refractivity contribution >= 4 is 22.3 Å². The molecule has 2 rings (SSSR count). The van der Waals surface area contributed by atoms with Gasteiger partial charge in [-0.3, -0.25) is 5.10 Å². The molecular formula is C13H20N4. The number of unbranched alkanes of at least 4 members (excludes halogenated alkanes) is 1. The molecule has 0 fully saturated rings. The van der Waals surface area contributed by atoms with Gasteiger partial charge in [-0.05, 0) is 25.5 Å². The number of anilines is 2. The van der Waals surface area contributed by atoms with Crippen LogP contribution in [0.2, 0.25) is 0 Å². The topological polar surface area (TPSA) is 66.7 Å². The van der Waals surface area contributed by atoms with E-state index in [1.165, 1.54) is 12.8 Å². The molecule has 0 aliphatic carbocycles. The van der Waals surface area contributed by atoms with Crippen molar-refractivity contribution in [2.45, 2.75) is 39.2 Å². The highest BCUT2D eigenvalue weighted by Crippen LogP contribution is 2.25. The average Bonchev–Trinajstić information content (AvgIpc) is 2.74. The summed E-state index contributed by atoms with van der Waals surface area (Å²) in [4.78, 5) is 0. The Bertz CT molecular complexity index is 489. The second-order valence-electron chi connectivity index (χ2n) is 4.58. The van der Waals surface area contributed by atoms with Crippen LogP contribution in [0.25, 0.3) is 10.9 Å². The molecule has 4 heteroatoms. The molecule has 1 aromatic heterocycles. The van der Waals surface area contributed by atoms with Crippen LogP contribution < -0.4 is 11.1 Å². The van der Waals surface area contributed by atoms with Crippen molar-refractivity contribution in [2.75, 3.05) is 11.1 Å². The van der Waals surface area contributed by atoms with E-state index in [0.29, 0.717) is 6.04 Å². The average molecular weight is 232 g/mol. The number of hydrogen-bond acceptors (Lipinski definition) is 3. The number of nitrogens with two attached hydrogens (primary N) is 1. The van der Waals surface area contributed by atoms with E-state index in [1.54, 1.807) is 6.20 Å². The second-order valence-corrected chi connectivity index (χ2v) is 4.58. The Balaban J connectivity index is 2.14. The van der Waals surface area contributed by atoms with Crippen molar-refractivity contribution in [3.63, 3.8) is 0 Å². The lowest BCUT2D eigenvalue weighted by Crippen LogP contribution is -2.15. The SMILES string of the molecule is CCCCC(C)Nc1cc2[nH]ncc2cc1N. The number of rotatable bonds is 5. The molecular weight excluding hydrogens is 212 g/mol. The molecule has 0 amide bonds. The highest BCUT2D eigenvalue weighted by atomic mass is 15.1. The lowest BCUT2D eigenvalue weighted by Gasteiger charge is -2.16. The fourth-order valence-electron chi connectivity index (χ4n) is 1.98. The summed E-state index contributed by atoms with van der Waals surface area (Å²) in [6.45, 7) is 4.39. The van der Waals surface area contributed by atoms with Gasteiger partial charge in [-0.15, -0.1) is 0 Å². The maximum Gasteiger partial charge on any atom is 0.0672 e. The number of nitrogens with zero attached hydrogens (tertiary/aromatic N) is 1. The molecule has 0 saturated carbocycles. The summed E-state index contributed by atoms with van der Waals surface area (Å²) in [5.41, 5.74) is 8.81. The van der Waals surface area contributed by atoms with Gasteiger partial charge in [-0.25, -0.2) is 0 Å². The van der Waals surface area contributed by atoms with Gasteiger partial charge in [0.1, 0.15) is 0 Å². The third-order valence-corrected chi connectivity index (χ3v) is 3.00. The molecule has 17 heavy (non-hydrogen) atoms. The van der Waals surface area contributed by atoms with Gasteiger partial charge >= 0.3 is 0 Å². The minimum absolute atomic E-state index is 0.442. The van der Waals surface area contributed by atoms with Gasteiger partial charge in [0.05, 0.1) is 23.1 Å². The number of nitrogen functional groups attached to an aromatic ring is 1. The van der Waals surface area contributed by atoms with Crippen LogP contribution in [0.5, 0.6) is 0 Å². The molecule has 0 radical (unpaired) electrons. The number of nitrogens with one attached hydrogen (secondary N) is 2. The van der Waals surface area contributed by atoms with Crippen molar-refractivity contribution in [3.05, 3.63) is 18.3 Å². The molecule has 4 N–H and O–H groups in total. The summed E-state index contributed by atoms with van der Waals surface area (Å²) in [6, 6.07) is 4.42. The smallest absolute Gasteiger partial charge is 0.0672 e. The standard InChI is InChI=1S/C13H20N4/c1-3-4-5-9(2)16-13-7-12-10(6-11(13)14)8-15-17-12/h6-9,16H,3-5,14H2,1-2H3,(H,15,17). The van der Waals surface area contributed by atoms with Crippen LogP contribution in [0.15, 0.2) is 18.3 Å². The number of hydrogen-bond donors (Lipinski definition) is 3. The van der Waals surface area contributed by atoms with E-state index in [4.69, 9.17) is 5.73 Å². The van der Waals surface area contributed by atoms with E-state index in [2.05, 4.69) is 29.4 Å². The minimum atomic E-state index is 0.442. The molecule has 4 nitrogen and oxygen atoms in total. The predicted octanol–water partition coefficient (Wildman–Crippen LogP) is 3.14. The lowest BCUT2D eigenvalue weighted by molar-refractivity contribution is 0.645. The molecule has 1 atom stereocenters. The second kappa shape index (κ2) is 5.08. The first-order valence-electron chi connectivity index (χ1n) is 6.20. The largest absolute Gasteiger partial charge is 0.397 e. The van der Waals surface area contributed by atoms with Crippen molar-refractivity contribution < 1.29 is 0 Å². The van der Waals surface area contributed by atoms with Gasteiger partial charge in [0.2, 0.25) is 0 Å².